The Morgan fingerprint density at radius 3 is 1.33 bits per heavy atom. The summed E-state index contributed by atoms with van der Waals surface area (Å²) in [6, 6.07) is 0. The second kappa shape index (κ2) is 3.44. The summed E-state index contributed by atoms with van der Waals surface area (Å²) in [4.78, 5) is 0. The zero-order valence-corrected chi connectivity index (χ0v) is 8.08. The van der Waals surface area contributed by atoms with Crippen molar-refractivity contribution in [1.82, 2.24) is 0 Å². The summed E-state index contributed by atoms with van der Waals surface area (Å²) >= 11 is 0. The topological polar surface area (TPSA) is 74.6 Å². The van der Waals surface area contributed by atoms with Crippen molar-refractivity contribution < 1.29 is 18.9 Å². The number of rotatable bonds is 0. The van der Waals surface area contributed by atoms with Crippen LogP contribution >= 0.6 is 0 Å². The van der Waals surface area contributed by atoms with Crippen LogP contribution in [0.25, 0.3) is 0 Å². The average molecular weight is 236 g/mol. The van der Waals surface area contributed by atoms with Crippen molar-refractivity contribution in [3.8, 4) is 0 Å². The van der Waals surface area contributed by atoms with Gasteiger partial charge in [0.05, 0.1) is 0 Å². The van der Waals surface area contributed by atoms with E-state index in [2.05, 4.69) is 0 Å². The standard InChI is InChI=1S/Ba.H2O4S/c;1-5(2,3)4/h;(H2,1,2,3,4)/q+2;/p+1. The summed E-state index contributed by atoms with van der Waals surface area (Å²) < 4.78 is 31.6. The molecular formula is H3BaO4S+3. The van der Waals surface area contributed by atoms with Crippen LogP contribution in [0.2, 0.25) is 0 Å². The van der Waals surface area contributed by atoms with Gasteiger partial charge in [-0.2, -0.15) is 8.42 Å². The van der Waals surface area contributed by atoms with Gasteiger partial charge in [0.15, 0.2) is 0 Å². The van der Waals surface area contributed by atoms with E-state index in [1.54, 1.807) is 0 Å². The van der Waals surface area contributed by atoms with E-state index in [0.29, 0.717) is 0 Å². The monoisotopic (exact) mass is 237 g/mol. The molecule has 0 saturated carbocycles. The minimum atomic E-state index is -4.67. The first-order valence-corrected chi connectivity index (χ1v) is 2.10. The zero-order chi connectivity index (χ0) is 4.50. The van der Waals surface area contributed by atoms with E-state index in [4.69, 9.17) is 17.5 Å². The van der Waals surface area contributed by atoms with Crippen LogP contribution in [0.5, 0.6) is 0 Å². The Bertz CT molecular complexity index is 94.9. The zero-order valence-electron chi connectivity index (χ0n) is 3.83. The molecule has 6 heavy (non-hydrogen) atoms. The molecule has 0 spiro atoms. The van der Waals surface area contributed by atoms with Gasteiger partial charge < -0.3 is 0 Å². The Morgan fingerprint density at radius 1 is 1.33 bits per heavy atom. The van der Waals surface area contributed by atoms with E-state index in [1.165, 1.54) is 0 Å². The summed E-state index contributed by atoms with van der Waals surface area (Å²) in [7, 11) is -4.67. The minimum absolute atomic E-state index is 0. The van der Waals surface area contributed by atoms with Gasteiger partial charge in [0.2, 0.25) is 0 Å². The van der Waals surface area contributed by atoms with Gasteiger partial charge in [-0.05, 0) is 0 Å². The molecule has 0 bridgehead atoms. The summed E-state index contributed by atoms with van der Waals surface area (Å²) in [5.41, 5.74) is 0. The van der Waals surface area contributed by atoms with Crippen LogP contribution < -0.4 is 0 Å². The molecule has 0 heterocycles. The fourth-order valence-corrected chi connectivity index (χ4v) is 0. The molecule has 0 aromatic rings. The Balaban J connectivity index is -0.0000000800. The second-order valence-corrected chi connectivity index (χ2v) is 1.34. The van der Waals surface area contributed by atoms with Crippen LogP contribution in [0.15, 0.2) is 0 Å². The summed E-state index contributed by atoms with van der Waals surface area (Å²) in [5.74, 6) is 0. The minimum Gasteiger partial charge on any atom is -0.264 e. The van der Waals surface area contributed by atoms with Crippen molar-refractivity contribution in [3.05, 3.63) is 0 Å². The molecule has 0 radical (unpaired) electrons. The van der Waals surface area contributed by atoms with Crippen LogP contribution in [-0.4, -0.2) is 66.4 Å². The van der Waals surface area contributed by atoms with E-state index in [-0.39, 0.29) is 50.3 Å². The molecule has 0 amide bonds. The molecule has 0 rings (SSSR count). The summed E-state index contributed by atoms with van der Waals surface area (Å²) in [6.45, 7) is 0. The maximum Gasteiger partial charge on any atom is 2.00 e. The van der Waals surface area contributed by atoms with Crippen LogP contribution in [0.1, 0.15) is 1.43 Å². The number of hydrogen-bond acceptors (Lipinski definition) is 2. The van der Waals surface area contributed by atoms with Crippen molar-refractivity contribution >= 4 is 59.3 Å². The van der Waals surface area contributed by atoms with Crippen LogP contribution in [0.3, 0.4) is 0 Å². The third-order valence-corrected chi connectivity index (χ3v) is 0. The normalized spacial score (nSPS) is 9.67. The van der Waals surface area contributed by atoms with Gasteiger partial charge in [0.1, 0.15) is 0 Å². The largest absolute Gasteiger partial charge is 2.00 e. The van der Waals surface area contributed by atoms with Crippen LogP contribution in [-0.2, 0) is 10.4 Å². The molecule has 0 aliphatic rings. The van der Waals surface area contributed by atoms with Gasteiger partial charge in [-0.3, -0.25) is 9.11 Å². The quantitative estimate of drug-likeness (QED) is 0.421. The first kappa shape index (κ1) is 10.4. The van der Waals surface area contributed by atoms with E-state index in [0.717, 1.165) is 0 Å². The molecule has 0 aromatic carbocycles. The number of hydrogen-bond donors (Lipinski definition) is 2. The third kappa shape index (κ3) is 51.7. The van der Waals surface area contributed by atoms with Gasteiger partial charge in [-0.25, -0.2) is 0 Å². The van der Waals surface area contributed by atoms with Crippen molar-refractivity contribution in [2.45, 2.75) is 0 Å². The van der Waals surface area contributed by atoms with Gasteiger partial charge in [-0.1, -0.05) is 0 Å². The summed E-state index contributed by atoms with van der Waals surface area (Å²) in [5, 5.41) is 0. The van der Waals surface area contributed by atoms with Gasteiger partial charge in [0, 0.05) is 0 Å². The van der Waals surface area contributed by atoms with E-state index in [1.807, 2.05) is 0 Å². The van der Waals surface area contributed by atoms with Gasteiger partial charge in [-0.15, -0.1) is 0 Å². The van der Waals surface area contributed by atoms with Crippen molar-refractivity contribution in [2.75, 3.05) is 0 Å². The molecule has 0 aliphatic carbocycles. The molecule has 0 unspecified atom stereocenters. The molecule has 4 nitrogen and oxygen atoms in total. The first-order chi connectivity index (χ1) is 2.00. The second-order valence-electron chi connectivity index (χ2n) is 0.448. The fourth-order valence-electron chi connectivity index (χ4n) is 0. The van der Waals surface area contributed by atoms with Crippen molar-refractivity contribution in [1.29, 1.82) is 0 Å². The van der Waals surface area contributed by atoms with Crippen LogP contribution in [0, 0.1) is 0 Å². The van der Waals surface area contributed by atoms with Crippen LogP contribution in [0.4, 0.5) is 0 Å². The van der Waals surface area contributed by atoms with E-state index in [9.17, 15) is 0 Å². The molecule has 0 aliphatic heterocycles. The molecular weight excluding hydrogens is 233 g/mol. The predicted molar refractivity (Wildman–Crippen MR) is 21.0 cm³/mol. The Morgan fingerprint density at radius 2 is 1.33 bits per heavy atom. The first-order valence-electron chi connectivity index (χ1n) is 0.698. The molecule has 2 N–H and O–H groups in total. The third-order valence-electron chi connectivity index (χ3n) is 0. The molecule has 32 valence electrons. The average Bonchev–Trinajstić information content (AvgIpc) is 0.722. The van der Waals surface area contributed by atoms with Crippen molar-refractivity contribution in [3.63, 3.8) is 0 Å². The molecule has 0 atom stereocenters. The smallest absolute Gasteiger partial charge is 0.264 e. The maximum atomic E-state index is 8.74. The van der Waals surface area contributed by atoms with Gasteiger partial charge >= 0.3 is 60.7 Å². The van der Waals surface area contributed by atoms with E-state index >= 15 is 0 Å². The van der Waals surface area contributed by atoms with E-state index < -0.39 is 10.4 Å². The Kier molecular flexibility index (Phi) is 5.99. The predicted octanol–water partition coefficient (Wildman–Crippen LogP) is -0.921. The van der Waals surface area contributed by atoms with Crippen molar-refractivity contribution in [2.24, 2.45) is 0 Å². The molecule has 0 fully saturated rings. The molecule has 0 aromatic heterocycles. The molecule has 0 saturated heterocycles. The fraction of sp³-hybridized carbons (Fsp3) is 0. The van der Waals surface area contributed by atoms with Gasteiger partial charge in [0.25, 0.3) is 0 Å². The SMILES string of the molecule is O=S(=O)(O)O.[Ba+2].[H+]. The Labute approximate surface area is 77.1 Å². The summed E-state index contributed by atoms with van der Waals surface area (Å²) in [6.07, 6.45) is 0. The molecule has 6 heteroatoms. The Hall–Kier alpha value is 1.44. The maximum absolute atomic E-state index is 8.74.